The van der Waals surface area contributed by atoms with E-state index in [1.165, 1.54) is 13.1 Å². The Morgan fingerprint density at radius 3 is 2.45 bits per heavy atom. The summed E-state index contributed by atoms with van der Waals surface area (Å²) < 4.78 is 0. The van der Waals surface area contributed by atoms with Crippen LogP contribution in [0.3, 0.4) is 0 Å². The van der Waals surface area contributed by atoms with Gasteiger partial charge in [-0.05, 0) is 17.9 Å². The van der Waals surface area contributed by atoms with Gasteiger partial charge in [-0.3, -0.25) is 0 Å². The lowest BCUT2D eigenvalue weighted by atomic mass is 9.88. The highest BCUT2D eigenvalue weighted by molar-refractivity contribution is 5.13. The number of nitrogens with zero attached hydrogens (tertiary/aromatic N) is 1. The number of allylic oxidation sites excluding steroid dienone is 1. The highest BCUT2D eigenvalue weighted by Crippen LogP contribution is 2.26. The fourth-order valence-electron chi connectivity index (χ4n) is 1.30. The summed E-state index contributed by atoms with van der Waals surface area (Å²) in [5, 5.41) is 0. The van der Waals surface area contributed by atoms with Gasteiger partial charge in [-0.1, -0.05) is 27.0 Å². The SMILES string of the molecule is C=CC(=C)N1CC(C(C)C)C1. The third kappa shape index (κ3) is 1.65. The first-order valence-electron chi connectivity index (χ1n) is 4.21. The van der Waals surface area contributed by atoms with Crippen molar-refractivity contribution in [1.82, 2.24) is 4.90 Å². The van der Waals surface area contributed by atoms with E-state index in [0.29, 0.717) is 0 Å². The molecule has 0 unspecified atom stereocenters. The summed E-state index contributed by atoms with van der Waals surface area (Å²) in [6.07, 6.45) is 1.83. The molecule has 0 aromatic heterocycles. The lowest BCUT2D eigenvalue weighted by Gasteiger charge is -2.43. The predicted molar refractivity (Wildman–Crippen MR) is 49.2 cm³/mol. The van der Waals surface area contributed by atoms with E-state index in [-0.39, 0.29) is 0 Å². The standard InChI is InChI=1S/C10H17N/c1-5-9(4)11-6-10(7-11)8(2)3/h5,8,10H,1,4,6-7H2,2-3H3. The van der Waals surface area contributed by atoms with Crippen molar-refractivity contribution in [2.24, 2.45) is 11.8 Å². The molecular formula is C10H17N. The molecule has 0 aliphatic carbocycles. The van der Waals surface area contributed by atoms with Gasteiger partial charge in [0.15, 0.2) is 0 Å². The molecule has 0 bridgehead atoms. The highest BCUT2D eigenvalue weighted by Gasteiger charge is 2.28. The molecule has 1 aliphatic heterocycles. The van der Waals surface area contributed by atoms with Crippen LogP contribution in [0, 0.1) is 11.8 Å². The van der Waals surface area contributed by atoms with Gasteiger partial charge in [0.05, 0.1) is 0 Å². The van der Waals surface area contributed by atoms with Gasteiger partial charge in [-0.2, -0.15) is 0 Å². The number of hydrogen-bond donors (Lipinski definition) is 0. The summed E-state index contributed by atoms with van der Waals surface area (Å²) in [5.41, 5.74) is 1.07. The second-order valence-corrected chi connectivity index (χ2v) is 3.60. The molecule has 0 radical (unpaired) electrons. The zero-order valence-electron chi connectivity index (χ0n) is 7.51. The fraction of sp³-hybridized carbons (Fsp3) is 0.600. The largest absolute Gasteiger partial charge is 0.371 e. The first-order chi connectivity index (χ1) is 5.15. The van der Waals surface area contributed by atoms with Gasteiger partial charge in [-0.25, -0.2) is 0 Å². The van der Waals surface area contributed by atoms with Gasteiger partial charge in [-0.15, -0.1) is 0 Å². The van der Waals surface area contributed by atoms with Crippen LogP contribution in [0.25, 0.3) is 0 Å². The predicted octanol–water partition coefficient (Wildman–Crippen LogP) is 2.27. The Morgan fingerprint density at radius 2 is 2.09 bits per heavy atom. The van der Waals surface area contributed by atoms with Crippen LogP contribution in [0.2, 0.25) is 0 Å². The highest BCUT2D eigenvalue weighted by atomic mass is 15.2. The molecule has 62 valence electrons. The normalized spacial score (nSPS) is 18.3. The number of hydrogen-bond acceptors (Lipinski definition) is 1. The van der Waals surface area contributed by atoms with E-state index in [0.717, 1.165) is 17.5 Å². The Bertz CT molecular complexity index is 164. The lowest BCUT2D eigenvalue weighted by Crippen LogP contribution is -2.47. The monoisotopic (exact) mass is 151 g/mol. The van der Waals surface area contributed by atoms with Crippen LogP contribution >= 0.6 is 0 Å². The molecule has 1 saturated heterocycles. The van der Waals surface area contributed by atoms with Crippen LogP contribution in [-0.2, 0) is 0 Å². The Balaban J connectivity index is 2.29. The van der Waals surface area contributed by atoms with Crippen molar-refractivity contribution in [2.45, 2.75) is 13.8 Å². The third-order valence-electron chi connectivity index (χ3n) is 2.49. The molecule has 0 N–H and O–H groups in total. The maximum absolute atomic E-state index is 3.90. The molecule has 0 aromatic rings. The van der Waals surface area contributed by atoms with E-state index < -0.39 is 0 Å². The summed E-state index contributed by atoms with van der Waals surface area (Å²) in [6, 6.07) is 0. The summed E-state index contributed by atoms with van der Waals surface area (Å²) in [5.74, 6) is 1.68. The van der Waals surface area contributed by atoms with Crippen molar-refractivity contribution in [1.29, 1.82) is 0 Å². The van der Waals surface area contributed by atoms with E-state index in [4.69, 9.17) is 0 Å². The average molecular weight is 151 g/mol. The summed E-state index contributed by atoms with van der Waals surface area (Å²) in [6.45, 7) is 14.5. The Labute approximate surface area is 69.4 Å². The molecule has 0 atom stereocenters. The molecule has 0 amide bonds. The second kappa shape index (κ2) is 3.12. The van der Waals surface area contributed by atoms with Gasteiger partial charge in [0.25, 0.3) is 0 Å². The molecule has 0 spiro atoms. The van der Waals surface area contributed by atoms with E-state index in [1.54, 1.807) is 0 Å². The van der Waals surface area contributed by atoms with Crippen LogP contribution in [0.15, 0.2) is 24.9 Å². The van der Waals surface area contributed by atoms with Crippen LogP contribution < -0.4 is 0 Å². The van der Waals surface area contributed by atoms with Crippen molar-refractivity contribution in [3.8, 4) is 0 Å². The molecule has 1 fully saturated rings. The van der Waals surface area contributed by atoms with Crippen molar-refractivity contribution in [3.63, 3.8) is 0 Å². The van der Waals surface area contributed by atoms with E-state index >= 15 is 0 Å². The first-order valence-corrected chi connectivity index (χ1v) is 4.21. The quantitative estimate of drug-likeness (QED) is 0.559. The summed E-state index contributed by atoms with van der Waals surface area (Å²) >= 11 is 0. The summed E-state index contributed by atoms with van der Waals surface area (Å²) in [4.78, 5) is 2.28. The van der Waals surface area contributed by atoms with Gasteiger partial charge < -0.3 is 4.90 Å². The molecule has 1 aliphatic rings. The minimum Gasteiger partial charge on any atom is -0.371 e. The van der Waals surface area contributed by atoms with E-state index in [9.17, 15) is 0 Å². The lowest BCUT2D eigenvalue weighted by molar-refractivity contribution is 0.109. The Hall–Kier alpha value is -0.720. The van der Waals surface area contributed by atoms with Gasteiger partial charge in [0.2, 0.25) is 0 Å². The topological polar surface area (TPSA) is 3.24 Å². The smallest absolute Gasteiger partial charge is 0.0287 e. The summed E-state index contributed by atoms with van der Waals surface area (Å²) in [7, 11) is 0. The molecule has 1 nitrogen and oxygen atoms in total. The minimum atomic E-state index is 0.809. The molecule has 0 saturated carbocycles. The average Bonchev–Trinajstić information content (AvgIpc) is 1.83. The zero-order valence-corrected chi connectivity index (χ0v) is 7.51. The second-order valence-electron chi connectivity index (χ2n) is 3.60. The van der Waals surface area contributed by atoms with Crippen LogP contribution in [0.5, 0.6) is 0 Å². The molecular weight excluding hydrogens is 134 g/mol. The Kier molecular flexibility index (Phi) is 2.38. The molecule has 0 aromatic carbocycles. The number of rotatable bonds is 3. The zero-order chi connectivity index (χ0) is 8.43. The van der Waals surface area contributed by atoms with Gasteiger partial charge in [0, 0.05) is 18.8 Å². The van der Waals surface area contributed by atoms with Crippen molar-refractivity contribution < 1.29 is 0 Å². The van der Waals surface area contributed by atoms with Crippen LogP contribution in [0.4, 0.5) is 0 Å². The van der Waals surface area contributed by atoms with Crippen molar-refractivity contribution in [2.75, 3.05) is 13.1 Å². The minimum absolute atomic E-state index is 0.809. The maximum Gasteiger partial charge on any atom is 0.0287 e. The number of likely N-dealkylation sites (tertiary alicyclic amines) is 1. The maximum atomic E-state index is 3.90. The fourth-order valence-corrected chi connectivity index (χ4v) is 1.30. The van der Waals surface area contributed by atoms with Gasteiger partial charge in [0.1, 0.15) is 0 Å². The van der Waals surface area contributed by atoms with Crippen LogP contribution in [-0.4, -0.2) is 18.0 Å². The molecule has 1 rings (SSSR count). The van der Waals surface area contributed by atoms with Gasteiger partial charge >= 0.3 is 0 Å². The van der Waals surface area contributed by atoms with E-state index in [2.05, 4.69) is 31.9 Å². The van der Waals surface area contributed by atoms with Crippen molar-refractivity contribution in [3.05, 3.63) is 24.9 Å². The molecule has 11 heavy (non-hydrogen) atoms. The van der Waals surface area contributed by atoms with Crippen LogP contribution in [0.1, 0.15) is 13.8 Å². The Morgan fingerprint density at radius 1 is 1.55 bits per heavy atom. The third-order valence-corrected chi connectivity index (χ3v) is 2.49. The van der Waals surface area contributed by atoms with E-state index in [1.807, 2.05) is 6.08 Å². The first kappa shape index (κ1) is 8.38. The molecule has 1 heterocycles. The van der Waals surface area contributed by atoms with Crippen molar-refractivity contribution >= 4 is 0 Å². The molecule has 1 heteroatoms.